The molecule has 0 saturated carbocycles. The van der Waals surface area contributed by atoms with Crippen molar-refractivity contribution >= 4 is 32.4 Å². The molecule has 656 valence electrons. The van der Waals surface area contributed by atoms with Gasteiger partial charge in [0.2, 0.25) is 22.6 Å². The SMILES string of the molecule is CCC(C)c1cccc(C(C)C)c1-n1cc[n+](C)c1-c1ccccc1C.Cc1ccccc1-c1c2ccccc2cc[n+]1C.Cc1ccccc1-c1cc2ccccc2c[n+]1C.Cc1ccccc1-c1ccc2ccccc2[n+]1C.Cc1ccccc1-c1n(-c2c(-c3ccccc3)cccc2-c2ccccc2)cc[n+]1C.Cc1ccccc1-c1n(-c2c(C)cccc2C)cc[n+]1C. The van der Waals surface area contributed by atoms with E-state index in [1.54, 1.807) is 0 Å². The van der Waals surface area contributed by atoms with Crippen molar-refractivity contribution < 1.29 is 27.4 Å². The van der Waals surface area contributed by atoms with Crippen LogP contribution >= 0.6 is 0 Å². The smallest absolute Gasteiger partial charge is 0.232 e. The maximum Gasteiger partial charge on any atom is 0.294 e. The van der Waals surface area contributed by atoms with Crippen LogP contribution in [0.25, 0.3) is 140 Å². The fourth-order valence-electron chi connectivity index (χ4n) is 18.4. The van der Waals surface area contributed by atoms with E-state index in [0.29, 0.717) is 11.8 Å². The Bertz CT molecular complexity index is 7290. The zero-order chi connectivity index (χ0) is 92.6. The Kier molecular flexibility index (Phi) is 29.2. The van der Waals surface area contributed by atoms with Gasteiger partial charge in [-0.2, -0.15) is 18.3 Å². The van der Waals surface area contributed by atoms with E-state index >= 15 is 0 Å². The number of aromatic nitrogens is 9. The highest BCUT2D eigenvalue weighted by atomic mass is 15.2. The third-order valence-electron chi connectivity index (χ3n) is 25.8. The molecule has 0 aliphatic carbocycles. The molecule has 0 fully saturated rings. The van der Waals surface area contributed by atoms with Crippen molar-refractivity contribution in [2.75, 3.05) is 0 Å². The first-order valence-corrected chi connectivity index (χ1v) is 46.2. The molecule has 132 heavy (non-hydrogen) atoms. The summed E-state index contributed by atoms with van der Waals surface area (Å²) in [6, 6.07) is 127. The summed E-state index contributed by atoms with van der Waals surface area (Å²) in [6.07, 6.45) is 18.4. The molecule has 20 rings (SSSR count). The fraction of sp³-hybridized carbons (Fsp3) is 0.171. The molecule has 0 amide bonds. The Morgan fingerprint density at radius 1 is 0.258 bits per heavy atom. The number of rotatable bonds is 14. The fourth-order valence-corrected chi connectivity index (χ4v) is 18.4. The van der Waals surface area contributed by atoms with Gasteiger partial charge in [0.05, 0.1) is 43.2 Å². The summed E-state index contributed by atoms with van der Waals surface area (Å²) in [5.74, 6) is 4.62. The number of aryl methyl sites for hydroxylation is 14. The standard InChI is InChI=1S/C29H25N2.C24H31N2.C19H21N2.3C17H16N/c1-22-12-9-10-17-25(22)29-30(2)20-21-31(29)28-26(23-13-5-3-6-14-23)18-11-19-27(28)24-15-7-4-8-16-24;1-7-18(4)21-14-10-13-20(17(2)3)23(21)26-16-15-25(6)24(26)22-12-9-8-11-19(22)5;1-14-8-5-6-11-17(14)19-20(4)12-13-21(19)18-15(2)9-7-10-16(18)3;1-13-7-3-6-10-16(13)17-11-14-8-4-5-9-15(14)12-18(17)2;1-13-7-3-5-9-15(13)17-16-10-6-4-8-14(16)11-12-18(17)2;1-13-7-3-5-9-15(13)17-12-11-14-8-4-6-10-16(14)18(17)2/h3-21H,1-2H3;8-18H,7H2,1-6H3;5-13H,1-4H3;3*3-12H,1-2H3/q6*+1. The van der Waals surface area contributed by atoms with E-state index in [1.165, 1.54) is 195 Å². The van der Waals surface area contributed by atoms with Crippen molar-refractivity contribution in [1.29, 1.82) is 0 Å². The Labute approximate surface area is 782 Å². The molecule has 1 unspecified atom stereocenters. The van der Waals surface area contributed by atoms with Crippen LogP contribution in [0.1, 0.15) is 102 Å². The first-order chi connectivity index (χ1) is 64.1. The van der Waals surface area contributed by atoms with Crippen LogP contribution in [0.5, 0.6) is 0 Å². The molecular formula is C123H125N9+6. The molecular weight excluding hydrogens is 1600 g/mol. The largest absolute Gasteiger partial charge is 0.294 e. The minimum Gasteiger partial charge on any atom is -0.232 e. The van der Waals surface area contributed by atoms with Gasteiger partial charge in [0, 0.05) is 74.0 Å². The van der Waals surface area contributed by atoms with Crippen LogP contribution in [0.4, 0.5) is 0 Å². The lowest BCUT2D eigenvalue weighted by Crippen LogP contribution is -2.32. The number of fused-ring (bicyclic) bond motifs is 3. The highest BCUT2D eigenvalue weighted by Crippen LogP contribution is 2.40. The quantitative estimate of drug-likeness (QED) is 0.0974. The van der Waals surface area contributed by atoms with Gasteiger partial charge in [0.25, 0.3) is 17.5 Å². The minimum absolute atomic E-state index is 0.478. The van der Waals surface area contributed by atoms with E-state index in [-0.39, 0.29) is 0 Å². The number of para-hydroxylation sites is 4. The summed E-state index contributed by atoms with van der Waals surface area (Å²) in [5, 5.41) is 6.43. The number of imidazole rings is 3. The predicted molar refractivity (Wildman–Crippen MR) is 550 cm³/mol. The van der Waals surface area contributed by atoms with Gasteiger partial charge in [0.1, 0.15) is 75.4 Å². The van der Waals surface area contributed by atoms with Gasteiger partial charge in [-0.25, -0.2) is 22.8 Å². The molecule has 14 aromatic carbocycles. The lowest BCUT2D eigenvalue weighted by Gasteiger charge is -2.19. The zero-order valence-electron chi connectivity index (χ0n) is 80.1. The molecule has 0 spiro atoms. The molecule has 0 bridgehead atoms. The maximum atomic E-state index is 2.40. The van der Waals surface area contributed by atoms with Crippen molar-refractivity contribution in [2.45, 2.75) is 101 Å². The lowest BCUT2D eigenvalue weighted by atomic mass is 9.90. The minimum atomic E-state index is 0.478. The molecule has 0 N–H and O–H groups in total. The second-order valence-electron chi connectivity index (χ2n) is 35.2. The molecule has 9 nitrogen and oxygen atoms in total. The number of hydrogen-bond donors (Lipinski definition) is 0. The molecule has 0 saturated heterocycles. The molecule has 6 heterocycles. The van der Waals surface area contributed by atoms with Gasteiger partial charge >= 0.3 is 0 Å². The Morgan fingerprint density at radius 3 is 1.10 bits per heavy atom. The summed E-state index contributed by atoms with van der Waals surface area (Å²) in [6.45, 7) is 26.5. The van der Waals surface area contributed by atoms with E-state index in [4.69, 9.17) is 0 Å². The molecule has 0 aliphatic rings. The number of nitrogens with zero attached hydrogens (tertiary/aromatic N) is 9. The van der Waals surface area contributed by atoms with Crippen LogP contribution in [0.2, 0.25) is 0 Å². The van der Waals surface area contributed by atoms with E-state index in [1.807, 2.05) is 0 Å². The zero-order valence-corrected chi connectivity index (χ0v) is 80.1. The monoisotopic (exact) mass is 1730 g/mol. The van der Waals surface area contributed by atoms with E-state index in [9.17, 15) is 0 Å². The Hall–Kier alpha value is -15.1. The van der Waals surface area contributed by atoms with E-state index in [0.717, 1.165) is 6.42 Å². The third kappa shape index (κ3) is 20.0. The van der Waals surface area contributed by atoms with Crippen molar-refractivity contribution in [3.63, 3.8) is 0 Å². The van der Waals surface area contributed by atoms with Crippen molar-refractivity contribution in [3.05, 3.63) is 463 Å². The van der Waals surface area contributed by atoms with Gasteiger partial charge in [-0.1, -0.05) is 301 Å². The first kappa shape index (κ1) is 91.7. The highest BCUT2D eigenvalue weighted by Gasteiger charge is 2.31. The number of pyridine rings is 3. The summed E-state index contributed by atoms with van der Waals surface area (Å²) in [4.78, 5) is 0. The summed E-state index contributed by atoms with van der Waals surface area (Å²) < 4.78 is 20.3. The second-order valence-corrected chi connectivity index (χ2v) is 35.2. The molecule has 6 aromatic heterocycles. The van der Waals surface area contributed by atoms with Crippen LogP contribution in [0.3, 0.4) is 0 Å². The van der Waals surface area contributed by atoms with Gasteiger partial charge in [-0.15, -0.1) is 0 Å². The summed E-state index contributed by atoms with van der Waals surface area (Å²) in [7, 11) is 12.7. The number of hydrogen-bond acceptors (Lipinski definition) is 0. The average Bonchev–Trinajstić information content (AvgIpc) is 1.60. The van der Waals surface area contributed by atoms with Gasteiger partial charge in [-0.05, 0) is 201 Å². The predicted octanol–water partition coefficient (Wildman–Crippen LogP) is 27.3. The molecule has 0 aliphatic heterocycles. The van der Waals surface area contributed by atoms with Crippen molar-refractivity contribution in [2.24, 2.45) is 42.3 Å². The van der Waals surface area contributed by atoms with Crippen molar-refractivity contribution in [3.8, 4) is 107 Å². The van der Waals surface area contributed by atoms with Crippen LogP contribution in [0, 0.1) is 55.4 Å². The Balaban J connectivity index is 0.000000123. The molecule has 0 radical (unpaired) electrons. The normalized spacial score (nSPS) is 11.2. The van der Waals surface area contributed by atoms with Crippen LogP contribution in [-0.2, 0) is 42.3 Å². The van der Waals surface area contributed by atoms with E-state index in [2.05, 4.69) is 574 Å². The van der Waals surface area contributed by atoms with Gasteiger partial charge in [-0.3, -0.25) is 0 Å². The Morgan fingerprint density at radius 2 is 0.621 bits per heavy atom. The van der Waals surface area contributed by atoms with Gasteiger partial charge in [0.15, 0.2) is 12.4 Å². The van der Waals surface area contributed by atoms with Crippen molar-refractivity contribution in [1.82, 2.24) is 13.7 Å². The summed E-state index contributed by atoms with van der Waals surface area (Å²) in [5.41, 5.74) is 34.6. The number of benzene rings is 14. The molecule has 20 aromatic rings. The van der Waals surface area contributed by atoms with Crippen LogP contribution in [-0.4, -0.2) is 13.7 Å². The first-order valence-electron chi connectivity index (χ1n) is 46.2. The lowest BCUT2D eigenvalue weighted by molar-refractivity contribution is -0.659. The maximum absolute atomic E-state index is 2.40. The van der Waals surface area contributed by atoms with Gasteiger partial charge < -0.3 is 0 Å². The van der Waals surface area contributed by atoms with Crippen LogP contribution < -0.4 is 27.4 Å². The summed E-state index contributed by atoms with van der Waals surface area (Å²) >= 11 is 0. The highest BCUT2D eigenvalue weighted by molar-refractivity contribution is 5.94. The second kappa shape index (κ2) is 42.0. The van der Waals surface area contributed by atoms with Crippen LogP contribution in [0.15, 0.2) is 407 Å². The topological polar surface area (TPSA) is 38.1 Å². The third-order valence-corrected chi connectivity index (χ3v) is 25.8. The average molecular weight is 1730 g/mol. The van der Waals surface area contributed by atoms with E-state index < -0.39 is 0 Å². The molecule has 1 atom stereocenters. The molecule has 9 heteroatoms.